The number of rotatable bonds is 5. The summed E-state index contributed by atoms with van der Waals surface area (Å²) in [6.45, 7) is 1.64. The van der Waals surface area contributed by atoms with E-state index >= 15 is 0 Å². The first-order valence-corrected chi connectivity index (χ1v) is 9.55. The summed E-state index contributed by atoms with van der Waals surface area (Å²) in [6, 6.07) is 8.00. The fraction of sp³-hybridized carbons (Fsp3) is 0.286. The van der Waals surface area contributed by atoms with Crippen molar-refractivity contribution < 1.29 is 18.0 Å². The molecule has 1 aliphatic carbocycles. The Kier molecular flexibility index (Phi) is 5.19. The lowest BCUT2D eigenvalue weighted by Crippen LogP contribution is -2.28. The first-order valence-electron chi connectivity index (χ1n) is 9.55. The van der Waals surface area contributed by atoms with Crippen LogP contribution in [0.2, 0.25) is 0 Å². The van der Waals surface area contributed by atoms with Crippen LogP contribution in [0.5, 0.6) is 0 Å². The molecule has 1 atom stereocenters. The highest BCUT2D eigenvalue weighted by Crippen LogP contribution is 2.42. The average Bonchev–Trinajstić information content (AvgIpc) is 3.49. The van der Waals surface area contributed by atoms with Crippen LogP contribution in [0.3, 0.4) is 0 Å². The largest absolute Gasteiger partial charge is 0.416 e. The number of aromatic nitrogens is 4. The number of carbonyl (C=O) groups excluding carboxylic acids is 1. The van der Waals surface area contributed by atoms with Gasteiger partial charge in [-0.05, 0) is 61.6 Å². The average molecular weight is 426 g/mol. The Bertz CT molecular complexity index is 1160. The van der Waals surface area contributed by atoms with E-state index in [9.17, 15) is 18.0 Å². The zero-order valence-corrected chi connectivity index (χ0v) is 16.4. The molecule has 4 rings (SSSR count). The van der Waals surface area contributed by atoms with E-state index in [-0.39, 0.29) is 17.3 Å². The fourth-order valence-corrected chi connectivity index (χ4v) is 3.12. The molecule has 0 radical (unpaired) electrons. The lowest BCUT2D eigenvalue weighted by atomic mass is 10.0. The molecular formula is C21H17F3N6O. The van der Waals surface area contributed by atoms with E-state index in [1.165, 1.54) is 23.3 Å². The van der Waals surface area contributed by atoms with Gasteiger partial charge in [0, 0.05) is 11.8 Å². The van der Waals surface area contributed by atoms with Gasteiger partial charge in [0.05, 0.1) is 17.2 Å². The third-order valence-corrected chi connectivity index (χ3v) is 4.95. The van der Waals surface area contributed by atoms with Gasteiger partial charge in [-0.1, -0.05) is 0 Å². The van der Waals surface area contributed by atoms with Gasteiger partial charge in [0.25, 0.3) is 5.91 Å². The van der Waals surface area contributed by atoms with Gasteiger partial charge in [-0.25, -0.2) is 14.6 Å². The quantitative estimate of drug-likeness (QED) is 0.667. The molecule has 1 aliphatic rings. The Morgan fingerprint density at radius 3 is 2.65 bits per heavy atom. The van der Waals surface area contributed by atoms with Crippen LogP contribution in [0.4, 0.5) is 13.2 Å². The minimum Gasteiger partial charge on any atom is -0.342 e. The summed E-state index contributed by atoms with van der Waals surface area (Å²) in [7, 11) is 0. The molecule has 158 valence electrons. The minimum absolute atomic E-state index is 0.0447. The number of alkyl halides is 3. The number of hydrogen-bond acceptors (Lipinski definition) is 5. The van der Waals surface area contributed by atoms with Crippen molar-refractivity contribution in [1.29, 1.82) is 5.26 Å². The molecular weight excluding hydrogens is 409 g/mol. The summed E-state index contributed by atoms with van der Waals surface area (Å²) >= 11 is 0. The van der Waals surface area contributed by atoms with E-state index in [2.05, 4.69) is 20.4 Å². The molecule has 0 spiro atoms. The molecule has 10 heteroatoms. The van der Waals surface area contributed by atoms with Gasteiger partial charge in [0.2, 0.25) is 0 Å². The van der Waals surface area contributed by atoms with Crippen LogP contribution in [-0.2, 0) is 6.18 Å². The van der Waals surface area contributed by atoms with Crippen LogP contribution in [-0.4, -0.2) is 25.7 Å². The number of nitrogens with zero attached hydrogens (tertiary/aromatic N) is 5. The second-order valence-corrected chi connectivity index (χ2v) is 7.38. The van der Waals surface area contributed by atoms with Crippen molar-refractivity contribution >= 4 is 5.91 Å². The lowest BCUT2D eigenvalue weighted by Gasteiger charge is -2.14. The van der Waals surface area contributed by atoms with E-state index in [0.717, 1.165) is 25.0 Å². The van der Waals surface area contributed by atoms with Crippen LogP contribution in [0.25, 0.3) is 5.82 Å². The summed E-state index contributed by atoms with van der Waals surface area (Å²) in [5.41, 5.74) is 0.0547. The Balaban J connectivity index is 1.52. The van der Waals surface area contributed by atoms with Crippen LogP contribution in [0.1, 0.15) is 64.6 Å². The maximum Gasteiger partial charge on any atom is 0.416 e. The Labute approximate surface area is 175 Å². The zero-order chi connectivity index (χ0) is 22.2. The number of pyridine rings is 1. The number of benzene rings is 1. The number of halogens is 3. The van der Waals surface area contributed by atoms with Crippen molar-refractivity contribution in [3.63, 3.8) is 0 Å². The molecule has 1 fully saturated rings. The lowest BCUT2D eigenvalue weighted by molar-refractivity contribution is -0.137. The van der Waals surface area contributed by atoms with E-state index in [0.29, 0.717) is 16.9 Å². The molecule has 1 N–H and O–H groups in total. The fourth-order valence-electron chi connectivity index (χ4n) is 3.12. The van der Waals surface area contributed by atoms with Crippen molar-refractivity contribution in [3.8, 4) is 11.9 Å². The topological polar surface area (TPSA) is 96.5 Å². The summed E-state index contributed by atoms with van der Waals surface area (Å²) in [4.78, 5) is 20.9. The van der Waals surface area contributed by atoms with Gasteiger partial charge >= 0.3 is 6.18 Å². The Morgan fingerprint density at radius 1 is 1.26 bits per heavy atom. The number of amides is 1. The summed E-state index contributed by atoms with van der Waals surface area (Å²) in [6.07, 6.45) is -0.0815. The number of hydrogen-bond donors (Lipinski definition) is 1. The van der Waals surface area contributed by atoms with Crippen molar-refractivity contribution in [2.45, 2.75) is 37.9 Å². The van der Waals surface area contributed by atoms with Crippen molar-refractivity contribution in [2.75, 3.05) is 0 Å². The van der Waals surface area contributed by atoms with Gasteiger partial charge in [-0.2, -0.15) is 18.4 Å². The highest BCUT2D eigenvalue weighted by Gasteiger charge is 2.34. The van der Waals surface area contributed by atoms with Crippen LogP contribution in [0.15, 0.2) is 42.9 Å². The molecule has 0 saturated heterocycles. The zero-order valence-electron chi connectivity index (χ0n) is 16.4. The third-order valence-electron chi connectivity index (χ3n) is 4.95. The van der Waals surface area contributed by atoms with E-state index < -0.39 is 23.7 Å². The SMILES string of the molecule is CC(NC(=O)c1cc(C2CC2)cc(C(F)(F)F)c1)c1ncn(-c2ccc(C#N)cn2)n1. The van der Waals surface area contributed by atoms with Crippen LogP contribution in [0, 0.1) is 11.3 Å². The molecule has 7 nitrogen and oxygen atoms in total. The molecule has 3 aromatic rings. The van der Waals surface area contributed by atoms with Gasteiger partial charge < -0.3 is 5.32 Å². The van der Waals surface area contributed by atoms with E-state index in [4.69, 9.17) is 5.26 Å². The molecule has 1 amide bonds. The normalized spacial score (nSPS) is 14.7. The molecule has 0 bridgehead atoms. The minimum atomic E-state index is -4.53. The number of carbonyl (C=O) groups is 1. The predicted molar refractivity (Wildman–Crippen MR) is 103 cm³/mol. The molecule has 2 aromatic heterocycles. The number of nitriles is 1. The van der Waals surface area contributed by atoms with Gasteiger partial charge in [0.1, 0.15) is 12.4 Å². The second kappa shape index (κ2) is 7.83. The molecule has 2 heterocycles. The summed E-state index contributed by atoms with van der Waals surface area (Å²) in [5.74, 6) is 0.147. The van der Waals surface area contributed by atoms with Gasteiger partial charge in [-0.3, -0.25) is 4.79 Å². The maximum absolute atomic E-state index is 13.3. The van der Waals surface area contributed by atoms with Gasteiger partial charge in [-0.15, -0.1) is 5.10 Å². The molecule has 1 aromatic carbocycles. The molecule has 0 aliphatic heterocycles. The second-order valence-electron chi connectivity index (χ2n) is 7.38. The van der Waals surface area contributed by atoms with Crippen molar-refractivity contribution in [3.05, 3.63) is 70.9 Å². The maximum atomic E-state index is 13.3. The van der Waals surface area contributed by atoms with Crippen LogP contribution >= 0.6 is 0 Å². The standard InChI is InChI=1S/C21H17F3N6O/c1-12(19-27-11-30(29-19)18-5-2-13(9-25)10-26-18)28-20(31)16-6-15(14-3-4-14)7-17(8-16)21(22,23)24/h2,5-8,10-12,14H,3-4H2,1H3,(H,28,31). The van der Waals surface area contributed by atoms with E-state index in [1.807, 2.05) is 6.07 Å². The van der Waals surface area contributed by atoms with Crippen LogP contribution < -0.4 is 5.32 Å². The first kappa shape index (κ1) is 20.5. The monoisotopic (exact) mass is 426 g/mol. The number of nitrogens with one attached hydrogen (secondary N) is 1. The predicted octanol–water partition coefficient (Wildman–Crippen LogP) is 3.92. The highest BCUT2D eigenvalue weighted by molar-refractivity contribution is 5.94. The Morgan fingerprint density at radius 2 is 2.03 bits per heavy atom. The summed E-state index contributed by atoms with van der Waals surface area (Å²) in [5, 5.41) is 15.8. The van der Waals surface area contributed by atoms with Crippen molar-refractivity contribution in [1.82, 2.24) is 25.1 Å². The van der Waals surface area contributed by atoms with Crippen molar-refractivity contribution in [2.24, 2.45) is 0 Å². The van der Waals surface area contributed by atoms with E-state index in [1.54, 1.807) is 19.1 Å². The smallest absolute Gasteiger partial charge is 0.342 e. The summed E-state index contributed by atoms with van der Waals surface area (Å²) < 4.78 is 41.2. The molecule has 1 saturated carbocycles. The highest BCUT2D eigenvalue weighted by atomic mass is 19.4. The first-order chi connectivity index (χ1) is 14.7. The Hall–Kier alpha value is -3.74. The molecule has 1 unspecified atom stereocenters. The third kappa shape index (κ3) is 4.55. The van der Waals surface area contributed by atoms with Gasteiger partial charge in [0.15, 0.2) is 11.6 Å². The molecule has 31 heavy (non-hydrogen) atoms.